The van der Waals surface area contributed by atoms with E-state index in [0.29, 0.717) is 49.2 Å². The van der Waals surface area contributed by atoms with E-state index in [0.717, 1.165) is 5.56 Å². The molecule has 1 aromatic heterocycles. The molecule has 2 aromatic rings. The summed E-state index contributed by atoms with van der Waals surface area (Å²) in [7, 11) is 3.26. The van der Waals surface area contributed by atoms with Crippen molar-refractivity contribution in [3.05, 3.63) is 41.7 Å². The van der Waals surface area contributed by atoms with Gasteiger partial charge in [0.15, 0.2) is 11.6 Å². The van der Waals surface area contributed by atoms with Gasteiger partial charge in [-0.15, -0.1) is 0 Å². The molecule has 0 atom stereocenters. The number of carbonyl (C=O) groups excluding carboxylic acids is 1. The smallest absolute Gasteiger partial charge is 0.269 e. The van der Waals surface area contributed by atoms with Crippen LogP contribution in [0.5, 0.6) is 0 Å². The number of nitrogens with one attached hydrogen (secondary N) is 2. The average molecular weight is 374 g/mol. The van der Waals surface area contributed by atoms with Gasteiger partial charge in [-0.2, -0.15) is 0 Å². The van der Waals surface area contributed by atoms with Gasteiger partial charge in [0.1, 0.15) is 12.0 Å². The van der Waals surface area contributed by atoms with E-state index in [2.05, 4.69) is 20.8 Å². The second-order valence-corrected chi connectivity index (χ2v) is 5.83. The second-order valence-electron chi connectivity index (χ2n) is 5.83. The quantitative estimate of drug-likeness (QED) is 0.532. The minimum Gasteiger partial charge on any atom is -0.393 e. The summed E-state index contributed by atoms with van der Waals surface area (Å²) in [5.74, 6) is 0.594. The summed E-state index contributed by atoms with van der Waals surface area (Å²) in [6, 6.07) is 7.30. The minimum absolute atomic E-state index is 0.275. The summed E-state index contributed by atoms with van der Waals surface area (Å²) < 4.78 is 10.3. The number of aryl methyl sites for hydroxylation is 1. The van der Waals surface area contributed by atoms with Crippen LogP contribution in [0.15, 0.2) is 30.6 Å². The van der Waals surface area contributed by atoms with Gasteiger partial charge in [0, 0.05) is 32.9 Å². The Morgan fingerprint density at radius 1 is 1.15 bits per heavy atom. The van der Waals surface area contributed by atoms with Crippen molar-refractivity contribution >= 4 is 23.2 Å². The average Bonchev–Trinajstić information content (AvgIpc) is 2.68. The van der Waals surface area contributed by atoms with Crippen molar-refractivity contribution in [2.45, 2.75) is 6.92 Å². The maximum absolute atomic E-state index is 12.4. The Hall–Kier alpha value is -2.91. The van der Waals surface area contributed by atoms with E-state index in [-0.39, 0.29) is 5.91 Å². The first kappa shape index (κ1) is 20.4. The number of ether oxygens (including phenoxy) is 2. The number of anilines is 3. The molecule has 0 saturated heterocycles. The molecule has 0 saturated carbocycles. The minimum atomic E-state index is -0.275. The second kappa shape index (κ2) is 10.3. The molecule has 0 bridgehead atoms. The zero-order valence-corrected chi connectivity index (χ0v) is 15.9. The number of benzene rings is 1. The number of rotatable bonds is 10. The molecule has 1 heterocycles. The number of nitrogens with two attached hydrogens (primary N) is 1. The highest BCUT2D eigenvalue weighted by atomic mass is 16.5. The van der Waals surface area contributed by atoms with E-state index in [4.69, 9.17) is 15.2 Å². The molecule has 0 aliphatic carbocycles. The Morgan fingerprint density at radius 3 is 2.44 bits per heavy atom. The van der Waals surface area contributed by atoms with Crippen LogP contribution in [0, 0.1) is 6.92 Å². The van der Waals surface area contributed by atoms with Crippen LogP contribution in [0.25, 0.3) is 0 Å². The predicted molar refractivity (Wildman–Crippen MR) is 105 cm³/mol. The zero-order valence-electron chi connectivity index (χ0n) is 15.9. The van der Waals surface area contributed by atoms with Gasteiger partial charge in [-0.1, -0.05) is 18.2 Å². The lowest BCUT2D eigenvalue weighted by molar-refractivity contribution is 0.0962. The van der Waals surface area contributed by atoms with Crippen molar-refractivity contribution < 1.29 is 14.3 Å². The maximum atomic E-state index is 12.4. The molecule has 0 fully saturated rings. The summed E-state index contributed by atoms with van der Waals surface area (Å²) in [6.45, 7) is 4.08. The fourth-order valence-corrected chi connectivity index (χ4v) is 2.48. The predicted octanol–water partition coefficient (Wildman–Crippen LogP) is 1.22. The van der Waals surface area contributed by atoms with Crippen LogP contribution < -0.4 is 21.5 Å². The number of hydrogen-bond acceptors (Lipinski definition) is 8. The molecule has 1 aromatic carbocycles. The molecule has 146 valence electrons. The van der Waals surface area contributed by atoms with Crippen LogP contribution in [-0.2, 0) is 9.47 Å². The lowest BCUT2D eigenvalue weighted by Crippen LogP contribution is -2.34. The lowest BCUT2D eigenvalue weighted by atomic mass is 10.1. The van der Waals surface area contributed by atoms with Crippen molar-refractivity contribution in [1.29, 1.82) is 0 Å². The van der Waals surface area contributed by atoms with E-state index in [1.807, 2.05) is 30.0 Å². The highest BCUT2D eigenvalue weighted by molar-refractivity contribution is 5.96. The Balaban J connectivity index is 2.12. The van der Waals surface area contributed by atoms with Crippen LogP contribution in [0.2, 0.25) is 0 Å². The standard InChI is InChI=1S/C18H26N6O3/c1-13-6-4-5-7-14(13)18(25)23-22-16-15(19)17(21-12-20-16)24(8-10-26-2)9-11-27-3/h4-7,12H,8-11,19H2,1-3H3,(H,23,25)(H,20,21,22). The summed E-state index contributed by atoms with van der Waals surface area (Å²) in [6.07, 6.45) is 1.39. The Labute approximate surface area is 158 Å². The van der Waals surface area contributed by atoms with E-state index in [1.165, 1.54) is 6.33 Å². The summed E-state index contributed by atoms with van der Waals surface area (Å²) in [5, 5.41) is 0. The molecule has 9 nitrogen and oxygen atoms in total. The maximum Gasteiger partial charge on any atom is 0.269 e. The number of nitrogen functional groups attached to an aromatic ring is 1. The SMILES string of the molecule is COCCN(CCOC)c1ncnc(NNC(=O)c2ccccc2C)c1N. The third-order valence-corrected chi connectivity index (χ3v) is 3.98. The summed E-state index contributed by atoms with van der Waals surface area (Å²) in [4.78, 5) is 22.7. The highest BCUT2D eigenvalue weighted by Crippen LogP contribution is 2.25. The van der Waals surface area contributed by atoms with Crippen LogP contribution in [-0.4, -0.2) is 56.4 Å². The molecule has 9 heteroatoms. The molecule has 4 N–H and O–H groups in total. The Morgan fingerprint density at radius 2 is 1.81 bits per heavy atom. The Bertz CT molecular complexity index is 748. The third-order valence-electron chi connectivity index (χ3n) is 3.98. The van der Waals surface area contributed by atoms with Crippen LogP contribution in [0.4, 0.5) is 17.3 Å². The van der Waals surface area contributed by atoms with Crippen molar-refractivity contribution in [3.8, 4) is 0 Å². The van der Waals surface area contributed by atoms with Crippen LogP contribution in [0.1, 0.15) is 15.9 Å². The molecule has 0 radical (unpaired) electrons. The topological polar surface area (TPSA) is 115 Å². The van der Waals surface area contributed by atoms with Crippen molar-refractivity contribution in [2.24, 2.45) is 0 Å². The number of hydrazine groups is 1. The van der Waals surface area contributed by atoms with Crippen molar-refractivity contribution in [1.82, 2.24) is 15.4 Å². The van der Waals surface area contributed by atoms with Gasteiger partial charge < -0.3 is 20.1 Å². The number of aromatic nitrogens is 2. The van der Waals surface area contributed by atoms with E-state index in [9.17, 15) is 4.79 Å². The first-order valence-electron chi connectivity index (χ1n) is 8.53. The van der Waals surface area contributed by atoms with E-state index in [1.54, 1.807) is 20.3 Å². The summed E-state index contributed by atoms with van der Waals surface area (Å²) in [5.41, 5.74) is 13.4. The first-order valence-corrected chi connectivity index (χ1v) is 8.53. The molecular weight excluding hydrogens is 348 g/mol. The van der Waals surface area contributed by atoms with Crippen LogP contribution >= 0.6 is 0 Å². The van der Waals surface area contributed by atoms with E-state index < -0.39 is 0 Å². The molecule has 0 aliphatic heterocycles. The molecular formula is C18H26N6O3. The number of amides is 1. The third kappa shape index (κ3) is 5.53. The number of carbonyl (C=O) groups is 1. The highest BCUT2D eigenvalue weighted by Gasteiger charge is 2.16. The molecule has 0 spiro atoms. The van der Waals surface area contributed by atoms with Crippen molar-refractivity contribution in [3.63, 3.8) is 0 Å². The summed E-state index contributed by atoms with van der Waals surface area (Å²) >= 11 is 0. The monoisotopic (exact) mass is 374 g/mol. The van der Waals surface area contributed by atoms with E-state index >= 15 is 0 Å². The van der Waals surface area contributed by atoms with Gasteiger partial charge in [-0.25, -0.2) is 9.97 Å². The number of hydrogen-bond donors (Lipinski definition) is 3. The Kier molecular flexibility index (Phi) is 7.78. The van der Waals surface area contributed by atoms with Gasteiger partial charge in [-0.05, 0) is 18.6 Å². The normalized spacial score (nSPS) is 10.5. The lowest BCUT2D eigenvalue weighted by Gasteiger charge is -2.25. The molecule has 1 amide bonds. The fraction of sp³-hybridized carbons (Fsp3) is 0.389. The fourth-order valence-electron chi connectivity index (χ4n) is 2.48. The van der Waals surface area contributed by atoms with Crippen LogP contribution in [0.3, 0.4) is 0 Å². The number of methoxy groups -OCH3 is 2. The molecule has 0 unspecified atom stereocenters. The van der Waals surface area contributed by atoms with Gasteiger partial charge in [-0.3, -0.25) is 15.6 Å². The van der Waals surface area contributed by atoms with Crippen molar-refractivity contribution in [2.75, 3.05) is 56.6 Å². The zero-order chi connectivity index (χ0) is 19.6. The molecule has 0 aliphatic rings. The first-order chi connectivity index (χ1) is 13.1. The molecule has 2 rings (SSSR count). The largest absolute Gasteiger partial charge is 0.393 e. The van der Waals surface area contributed by atoms with Gasteiger partial charge in [0.05, 0.1) is 13.2 Å². The number of nitrogens with zero attached hydrogens (tertiary/aromatic N) is 3. The molecule has 27 heavy (non-hydrogen) atoms. The van der Waals surface area contributed by atoms with Gasteiger partial charge >= 0.3 is 0 Å². The van der Waals surface area contributed by atoms with Gasteiger partial charge in [0.2, 0.25) is 0 Å². The van der Waals surface area contributed by atoms with Gasteiger partial charge in [0.25, 0.3) is 5.91 Å².